The van der Waals surface area contributed by atoms with E-state index >= 15 is 0 Å². The first-order chi connectivity index (χ1) is 65.8. The molecule has 139 heavy (non-hydrogen) atoms. The van der Waals surface area contributed by atoms with Gasteiger partial charge in [-0.2, -0.15) is 24.9 Å². The highest BCUT2D eigenvalue weighted by Gasteiger charge is 2.32. The Hall–Kier alpha value is -15.7. The number of carbonyl (C=O) groups is 3. The molecule has 32 nitrogen and oxygen atoms in total. The van der Waals surface area contributed by atoms with Crippen molar-refractivity contribution in [2.75, 3.05) is 83.2 Å². The fraction of sp³-hybridized carbons (Fsp3) is 0.206. The largest absolute Gasteiger partial charge is 0.573 e. The van der Waals surface area contributed by atoms with E-state index in [0.29, 0.717) is 52.3 Å². The third-order valence-corrected chi connectivity index (χ3v) is 21.1. The van der Waals surface area contributed by atoms with E-state index in [4.69, 9.17) is 57.1 Å². The molecule has 5 heterocycles. The standard InChI is InChI=1S/C32H31F3N4O3.C22H19ClF3N3O2.2C12H11ClN4O2.C12H13ClN4.C7H8N2O2/c1-5-29(41)28-18-24(11-6-20(28)2)37-31-36-19-21(3)30(38-31)39(4)25-12-7-22(8-13-25)16-26(40)17-23-9-14-27(15-10-23)42-32(33,34)35;1-14-13-27-21(23)28-20(14)29(2)17-7-3-15(4-8-17)11-18(30)12-16-5-9-19(10-6-16)31-22(24,25)26;2*1-8-7-14-12(13)15-11(8)16(2)9-3-5-10(6-4-9)17(18)19;1-8-7-15-12(13)16-11(8)17(2)10-5-3-9(14)4-6-10;1-8-6-2-4-7(5-3-6)9(10)11/h6-15,18-19H,5,16-17H2,1-4H3,(H,36,37,38);3-10,13H,11-12H2,1-2H3;2*3-7H,1-2H3;3-7H,14H2,1-2H3;2-5,8H,1H3. The van der Waals surface area contributed by atoms with Crippen LogP contribution in [-0.4, -0.2) is 137 Å². The number of nitrogens with zero attached hydrogens (tertiary/aromatic N) is 18. The summed E-state index contributed by atoms with van der Waals surface area (Å²) in [7, 11) is 11.1. The number of ether oxygens (including phenoxy) is 2. The third-order valence-electron chi connectivity index (χ3n) is 20.4. The second kappa shape index (κ2) is 49.7. The van der Waals surface area contributed by atoms with E-state index in [9.17, 15) is 71.1 Å². The first-order valence-corrected chi connectivity index (χ1v) is 43.4. The summed E-state index contributed by atoms with van der Waals surface area (Å²) in [4.78, 5) is 118. The number of hydrogen-bond acceptors (Lipinski definition) is 29. The number of anilines is 14. The smallest absolute Gasteiger partial charge is 0.406 e. The van der Waals surface area contributed by atoms with Gasteiger partial charge in [0, 0.05) is 221 Å². The van der Waals surface area contributed by atoms with E-state index in [1.807, 2.05) is 189 Å². The molecule has 0 aliphatic rings. The van der Waals surface area contributed by atoms with Crippen LogP contribution in [0.1, 0.15) is 79.3 Å². The third kappa shape index (κ3) is 32.8. The number of benzene rings is 9. The minimum Gasteiger partial charge on any atom is -0.406 e. The Morgan fingerprint density at radius 2 is 0.633 bits per heavy atom. The number of hydrogen-bond donors (Lipinski definition) is 3. The van der Waals surface area contributed by atoms with Crippen LogP contribution in [0.15, 0.2) is 243 Å². The minimum absolute atomic E-state index is 0.0505. The van der Waals surface area contributed by atoms with E-state index in [-0.39, 0.29) is 92.7 Å². The molecule has 0 aliphatic carbocycles. The highest BCUT2D eigenvalue weighted by molar-refractivity contribution is 6.29. The molecule has 0 amide bonds. The Bertz CT molecular complexity index is 6470. The van der Waals surface area contributed by atoms with Crippen LogP contribution in [0, 0.1) is 71.9 Å². The van der Waals surface area contributed by atoms with Crippen LogP contribution in [0.2, 0.25) is 21.1 Å². The van der Waals surface area contributed by atoms with Gasteiger partial charge < -0.3 is 50.3 Å². The number of non-ortho nitro benzene ring substituents is 3. The zero-order chi connectivity index (χ0) is 102. The predicted octanol–water partition coefficient (Wildman–Crippen LogP) is 23.6. The Labute approximate surface area is 815 Å². The quantitative estimate of drug-likeness (QED) is 0.0102. The summed E-state index contributed by atoms with van der Waals surface area (Å²) in [5.41, 5.74) is 21.4. The molecule has 0 atom stereocenters. The van der Waals surface area contributed by atoms with Gasteiger partial charge in [-0.1, -0.05) is 61.5 Å². The predicted molar refractivity (Wildman–Crippen MR) is 527 cm³/mol. The van der Waals surface area contributed by atoms with E-state index < -0.39 is 27.5 Å². The van der Waals surface area contributed by atoms with Gasteiger partial charge in [0.25, 0.3) is 17.1 Å². The summed E-state index contributed by atoms with van der Waals surface area (Å²) in [6.45, 7) is 13.2. The van der Waals surface area contributed by atoms with Gasteiger partial charge in [0.15, 0.2) is 5.78 Å². The molecule has 0 unspecified atom stereocenters. The molecule has 0 aliphatic heterocycles. The molecule has 722 valence electrons. The molecule has 14 aromatic rings. The topological polar surface area (TPSA) is 394 Å². The van der Waals surface area contributed by atoms with Gasteiger partial charge >= 0.3 is 12.7 Å². The van der Waals surface area contributed by atoms with E-state index in [1.165, 1.54) is 84.9 Å². The number of nitrogens with two attached hydrogens (primary N) is 1. The molecule has 14 rings (SSSR count). The molecular formula is C97H93Cl4F6N21O11. The van der Waals surface area contributed by atoms with Crippen molar-refractivity contribution in [3.05, 3.63) is 356 Å². The Morgan fingerprint density at radius 1 is 0.374 bits per heavy atom. The lowest BCUT2D eigenvalue weighted by molar-refractivity contribution is -0.385. The minimum atomic E-state index is -4.76. The van der Waals surface area contributed by atoms with Crippen molar-refractivity contribution in [3.8, 4) is 11.5 Å². The van der Waals surface area contributed by atoms with Crippen LogP contribution in [0.25, 0.3) is 0 Å². The number of nitro groups is 3. The summed E-state index contributed by atoms with van der Waals surface area (Å²) in [5.74, 6) is 3.18. The van der Waals surface area contributed by atoms with E-state index in [0.717, 1.165) is 95.8 Å². The number of nitrogens with one attached hydrogen (secondary N) is 2. The van der Waals surface area contributed by atoms with Crippen LogP contribution < -0.4 is 50.3 Å². The number of Topliss-reactive ketones (excluding diaryl/α,β-unsaturated/α-hetero) is 3. The summed E-state index contributed by atoms with van der Waals surface area (Å²) < 4.78 is 81.4. The van der Waals surface area contributed by atoms with Gasteiger partial charge in [0.2, 0.25) is 27.1 Å². The maximum atomic E-state index is 12.6. The van der Waals surface area contributed by atoms with Crippen LogP contribution in [0.5, 0.6) is 11.5 Å². The fourth-order valence-corrected chi connectivity index (χ4v) is 13.7. The second-order valence-electron chi connectivity index (χ2n) is 30.7. The van der Waals surface area contributed by atoms with Gasteiger partial charge in [0.05, 0.1) is 14.8 Å². The summed E-state index contributed by atoms with van der Waals surface area (Å²) in [6.07, 6.45) is -0.123. The first kappa shape index (κ1) is 107. The number of aryl methyl sites for hydroxylation is 6. The molecule has 0 fully saturated rings. The number of alkyl halides is 6. The highest BCUT2D eigenvalue weighted by Crippen LogP contribution is 2.35. The SMILES string of the molecule is CCC(=O)c1cc(Nc2ncc(C)c(N(C)c3ccc(CC(=O)Cc4ccc(OC(F)(F)F)cc4)cc3)n2)ccc1C.CNc1ccc([N+](=O)[O-])cc1.Cc1cnc(Cl)nc1N(C)c1ccc(CC(=O)Cc2ccc(OC(F)(F)F)cc2)cc1.Cc1cnc(Cl)nc1N(C)c1ccc(N)cc1.Cc1cnc(Cl)nc1N(C)c1ccc([N+](=O)[O-])cc1.Cc1cnc(Cl)nc1N(C)c1ccc([N+](=O)[O-])cc1. The zero-order valence-corrected chi connectivity index (χ0v) is 80.1. The molecule has 0 bridgehead atoms. The number of rotatable bonds is 28. The lowest BCUT2D eigenvalue weighted by Gasteiger charge is -2.21. The van der Waals surface area contributed by atoms with Crippen molar-refractivity contribution < 1.29 is 65.0 Å². The molecule has 4 N–H and O–H groups in total. The van der Waals surface area contributed by atoms with Crippen molar-refractivity contribution in [1.82, 2.24) is 49.8 Å². The van der Waals surface area contributed by atoms with Crippen molar-refractivity contribution in [3.63, 3.8) is 0 Å². The number of aromatic nitrogens is 10. The van der Waals surface area contributed by atoms with Gasteiger partial charge in [0.1, 0.15) is 52.2 Å². The van der Waals surface area contributed by atoms with Crippen molar-refractivity contribution in [1.29, 1.82) is 0 Å². The Morgan fingerprint density at radius 3 is 0.914 bits per heavy atom. The number of carbonyl (C=O) groups excluding carboxylic acids is 3. The molecule has 0 saturated heterocycles. The van der Waals surface area contributed by atoms with Gasteiger partial charge in [-0.05, 0) is 237 Å². The van der Waals surface area contributed by atoms with Crippen LogP contribution >= 0.6 is 46.4 Å². The first-order valence-electron chi connectivity index (χ1n) is 41.9. The van der Waals surface area contributed by atoms with Crippen molar-refractivity contribution in [2.45, 2.75) is 93.3 Å². The van der Waals surface area contributed by atoms with E-state index in [1.54, 1.807) is 84.2 Å². The molecule has 5 aromatic heterocycles. The van der Waals surface area contributed by atoms with Crippen LogP contribution in [-0.2, 0) is 35.3 Å². The molecular weight excluding hydrogens is 1890 g/mol. The summed E-state index contributed by atoms with van der Waals surface area (Å²) in [6, 6.07) is 57.4. The van der Waals surface area contributed by atoms with Gasteiger partial charge in [-0.15, -0.1) is 26.3 Å². The number of halogens is 10. The lowest BCUT2D eigenvalue weighted by Crippen LogP contribution is -2.17. The highest BCUT2D eigenvalue weighted by atomic mass is 35.5. The average molecular weight is 1980 g/mol. The Balaban J connectivity index is 0.000000196. The summed E-state index contributed by atoms with van der Waals surface area (Å²) >= 11 is 23.2. The second-order valence-corrected chi connectivity index (χ2v) is 32.1. The monoisotopic (exact) mass is 1980 g/mol. The number of ketones is 3. The maximum absolute atomic E-state index is 12.6. The average Bonchev–Trinajstić information content (AvgIpc) is 0.859. The molecule has 42 heteroatoms. The van der Waals surface area contributed by atoms with Crippen molar-refractivity contribution >= 4 is 161 Å². The molecule has 0 saturated carbocycles. The zero-order valence-electron chi connectivity index (χ0n) is 77.0. The van der Waals surface area contributed by atoms with Crippen LogP contribution in [0.4, 0.5) is 124 Å². The molecule has 0 radical (unpaired) electrons. The lowest BCUT2D eigenvalue weighted by atomic mass is 10.0. The van der Waals surface area contributed by atoms with Crippen LogP contribution in [0.3, 0.4) is 0 Å². The fourth-order valence-electron chi connectivity index (χ4n) is 13.1. The van der Waals surface area contributed by atoms with E-state index in [2.05, 4.69) is 65.0 Å². The molecule has 0 spiro atoms. The van der Waals surface area contributed by atoms with Crippen molar-refractivity contribution in [2.24, 2.45) is 0 Å². The number of nitro benzene ring substituents is 3. The van der Waals surface area contributed by atoms with Gasteiger partial charge in [-0.25, -0.2) is 24.9 Å². The van der Waals surface area contributed by atoms with Gasteiger partial charge in [-0.3, -0.25) is 44.7 Å². The molecule has 9 aromatic carbocycles. The Kier molecular flexibility index (Phi) is 38.3. The maximum Gasteiger partial charge on any atom is 0.573 e. The normalized spacial score (nSPS) is 10.7. The summed E-state index contributed by atoms with van der Waals surface area (Å²) in [5, 5.41) is 38.2. The number of nitrogen functional groups attached to an aromatic ring is 1.